The van der Waals surface area contributed by atoms with Gasteiger partial charge in [0.2, 0.25) is 6.41 Å². The van der Waals surface area contributed by atoms with Gasteiger partial charge < -0.3 is 0 Å². The molecule has 0 spiro atoms. The van der Waals surface area contributed by atoms with Crippen LogP contribution in [-0.2, 0) is 9.63 Å². The van der Waals surface area contributed by atoms with Gasteiger partial charge in [0.25, 0.3) is 0 Å². The molecule has 0 aromatic heterocycles. The first-order valence-corrected chi connectivity index (χ1v) is 5.25. The van der Waals surface area contributed by atoms with E-state index in [1.165, 1.54) is 5.06 Å². The monoisotopic (exact) mass is 208 g/mol. The Kier molecular flexibility index (Phi) is 3.18. The summed E-state index contributed by atoms with van der Waals surface area (Å²) >= 11 is 0. The van der Waals surface area contributed by atoms with Crippen LogP contribution in [0.1, 0.15) is 12.8 Å². The van der Waals surface area contributed by atoms with Crippen LogP contribution in [0.3, 0.4) is 0 Å². The number of carbonyl (C=O) groups excluding carboxylic acids is 1. The van der Waals surface area contributed by atoms with Crippen molar-refractivity contribution in [1.29, 1.82) is 0 Å². The molecule has 2 heterocycles. The first-order chi connectivity index (χ1) is 7.35. The zero-order valence-electron chi connectivity index (χ0n) is 8.71. The van der Waals surface area contributed by atoms with E-state index >= 15 is 0 Å². The topological polar surface area (TPSA) is 32.8 Å². The van der Waals surface area contributed by atoms with Crippen molar-refractivity contribution in [1.82, 2.24) is 9.96 Å². The number of nitrogens with zero attached hydrogens (tertiary/aromatic N) is 2. The molecule has 4 heteroatoms. The van der Waals surface area contributed by atoms with Crippen LogP contribution in [-0.4, -0.2) is 41.7 Å². The van der Waals surface area contributed by atoms with Crippen LogP contribution in [0.15, 0.2) is 24.8 Å². The maximum atomic E-state index is 10.7. The minimum Gasteiger partial charge on any atom is -0.277 e. The Morgan fingerprint density at radius 3 is 3.20 bits per heavy atom. The number of hydrogen-bond donors (Lipinski definition) is 0. The third-order valence-electron chi connectivity index (χ3n) is 2.86. The molecule has 1 amide bonds. The van der Waals surface area contributed by atoms with Crippen LogP contribution in [0.25, 0.3) is 0 Å². The molecule has 0 N–H and O–H groups in total. The maximum absolute atomic E-state index is 10.7. The molecular formula is C11H16N2O2. The van der Waals surface area contributed by atoms with Gasteiger partial charge in [-0.2, -0.15) is 0 Å². The molecule has 2 bridgehead atoms. The standard InChI is InChI=1S/C11H16N2O2/c1-2-5-10-11-6-3-4-7-12(10)8-13(9-14)15-11/h2-3,6,9-11H,1,4-5,7-8H2. The highest BCUT2D eigenvalue weighted by Gasteiger charge is 2.34. The molecule has 0 aromatic carbocycles. The predicted molar refractivity (Wildman–Crippen MR) is 56.7 cm³/mol. The van der Waals surface area contributed by atoms with E-state index in [0.29, 0.717) is 12.7 Å². The molecule has 1 fully saturated rings. The number of rotatable bonds is 3. The van der Waals surface area contributed by atoms with E-state index in [2.05, 4.69) is 17.6 Å². The first kappa shape index (κ1) is 10.4. The van der Waals surface area contributed by atoms with Gasteiger partial charge in [0.1, 0.15) is 12.8 Å². The van der Waals surface area contributed by atoms with E-state index in [9.17, 15) is 4.79 Å². The quantitative estimate of drug-likeness (QED) is 0.511. The van der Waals surface area contributed by atoms with Gasteiger partial charge in [-0.3, -0.25) is 14.5 Å². The molecule has 15 heavy (non-hydrogen) atoms. The highest BCUT2D eigenvalue weighted by atomic mass is 16.7. The molecule has 0 aromatic rings. The predicted octanol–water partition coefficient (Wildman–Crippen LogP) is 0.923. The molecule has 3 unspecified atom stereocenters. The lowest BCUT2D eigenvalue weighted by molar-refractivity contribution is -0.240. The molecule has 1 saturated heterocycles. The second-order valence-corrected chi connectivity index (χ2v) is 3.85. The Morgan fingerprint density at radius 1 is 1.60 bits per heavy atom. The van der Waals surface area contributed by atoms with Crippen LogP contribution in [0.2, 0.25) is 0 Å². The number of carbonyl (C=O) groups is 1. The van der Waals surface area contributed by atoms with Gasteiger partial charge in [0.05, 0.1) is 0 Å². The average Bonchev–Trinajstić information content (AvgIpc) is 2.37. The zero-order valence-corrected chi connectivity index (χ0v) is 8.71. The molecule has 0 saturated carbocycles. The molecule has 0 aliphatic carbocycles. The fourth-order valence-corrected chi connectivity index (χ4v) is 2.13. The van der Waals surface area contributed by atoms with E-state index in [-0.39, 0.29) is 6.10 Å². The molecule has 2 aliphatic rings. The highest BCUT2D eigenvalue weighted by Crippen LogP contribution is 2.23. The number of amides is 1. The second-order valence-electron chi connectivity index (χ2n) is 3.85. The van der Waals surface area contributed by atoms with Crippen molar-refractivity contribution in [3.63, 3.8) is 0 Å². The number of hydroxylamine groups is 2. The van der Waals surface area contributed by atoms with Crippen molar-refractivity contribution >= 4 is 6.41 Å². The van der Waals surface area contributed by atoms with Gasteiger partial charge in [-0.25, -0.2) is 5.06 Å². The second kappa shape index (κ2) is 4.59. The Morgan fingerprint density at radius 2 is 2.47 bits per heavy atom. The SMILES string of the molecule is C=CCC1C2C=CCCN1CN(C=O)O2. The summed E-state index contributed by atoms with van der Waals surface area (Å²) in [7, 11) is 0. The molecule has 2 aliphatic heterocycles. The van der Waals surface area contributed by atoms with E-state index < -0.39 is 0 Å². The Hall–Kier alpha value is -1.13. The summed E-state index contributed by atoms with van der Waals surface area (Å²) in [6.07, 6.45) is 8.69. The van der Waals surface area contributed by atoms with E-state index in [1.807, 2.05) is 12.2 Å². The zero-order chi connectivity index (χ0) is 10.7. The first-order valence-electron chi connectivity index (χ1n) is 5.25. The lowest BCUT2D eigenvalue weighted by atomic mass is 10.1. The number of fused-ring (bicyclic) bond motifs is 2. The van der Waals surface area contributed by atoms with Crippen LogP contribution in [0, 0.1) is 0 Å². The van der Waals surface area contributed by atoms with Crippen molar-refractivity contribution in [3.05, 3.63) is 24.8 Å². The third-order valence-corrected chi connectivity index (χ3v) is 2.86. The van der Waals surface area contributed by atoms with Crippen molar-refractivity contribution in [3.8, 4) is 0 Å². The Bertz CT molecular complexity index is 278. The Balaban J connectivity index is 2.15. The van der Waals surface area contributed by atoms with Crippen molar-refractivity contribution in [2.75, 3.05) is 13.2 Å². The molecule has 82 valence electrons. The van der Waals surface area contributed by atoms with Gasteiger partial charge in [-0.1, -0.05) is 18.2 Å². The van der Waals surface area contributed by atoms with Crippen molar-refractivity contribution in [2.45, 2.75) is 25.0 Å². The van der Waals surface area contributed by atoms with Crippen LogP contribution >= 0.6 is 0 Å². The molecule has 2 rings (SSSR count). The average molecular weight is 208 g/mol. The molecule has 0 radical (unpaired) electrons. The van der Waals surface area contributed by atoms with Crippen molar-refractivity contribution < 1.29 is 9.63 Å². The minimum absolute atomic E-state index is 0.0237. The normalized spacial score (nSPS) is 34.7. The summed E-state index contributed by atoms with van der Waals surface area (Å²) in [6.45, 7) is 5.29. The fraction of sp³-hybridized carbons (Fsp3) is 0.545. The largest absolute Gasteiger partial charge is 0.277 e. The lowest BCUT2D eigenvalue weighted by Crippen LogP contribution is -2.55. The summed E-state index contributed by atoms with van der Waals surface area (Å²) < 4.78 is 0. The van der Waals surface area contributed by atoms with Gasteiger partial charge >= 0.3 is 0 Å². The van der Waals surface area contributed by atoms with Gasteiger partial charge in [0, 0.05) is 12.6 Å². The summed E-state index contributed by atoms with van der Waals surface area (Å²) in [4.78, 5) is 18.5. The lowest BCUT2D eigenvalue weighted by Gasteiger charge is -2.42. The smallest absolute Gasteiger partial charge is 0.234 e. The van der Waals surface area contributed by atoms with E-state index in [1.54, 1.807) is 0 Å². The number of hydrogen-bond acceptors (Lipinski definition) is 3. The summed E-state index contributed by atoms with van der Waals surface area (Å²) in [5, 5.41) is 1.36. The van der Waals surface area contributed by atoms with Crippen LogP contribution in [0.5, 0.6) is 0 Å². The molecule has 3 atom stereocenters. The Labute approximate surface area is 89.7 Å². The summed E-state index contributed by atoms with van der Waals surface area (Å²) in [5.41, 5.74) is 0. The maximum Gasteiger partial charge on any atom is 0.234 e. The van der Waals surface area contributed by atoms with Crippen LogP contribution in [0.4, 0.5) is 0 Å². The van der Waals surface area contributed by atoms with Gasteiger partial charge in [-0.15, -0.1) is 6.58 Å². The minimum atomic E-state index is -0.0237. The van der Waals surface area contributed by atoms with E-state index in [0.717, 1.165) is 25.8 Å². The van der Waals surface area contributed by atoms with Crippen molar-refractivity contribution in [2.24, 2.45) is 0 Å². The fourth-order valence-electron chi connectivity index (χ4n) is 2.13. The van der Waals surface area contributed by atoms with Crippen LogP contribution < -0.4 is 0 Å². The van der Waals surface area contributed by atoms with Gasteiger partial charge in [-0.05, 0) is 12.8 Å². The highest BCUT2D eigenvalue weighted by molar-refractivity contribution is 5.45. The molecular weight excluding hydrogens is 192 g/mol. The molecule has 4 nitrogen and oxygen atoms in total. The van der Waals surface area contributed by atoms with E-state index in [4.69, 9.17) is 4.84 Å². The van der Waals surface area contributed by atoms with Gasteiger partial charge in [0.15, 0.2) is 0 Å². The summed E-state index contributed by atoms with van der Waals surface area (Å²) in [6, 6.07) is 0.317. The summed E-state index contributed by atoms with van der Waals surface area (Å²) in [5.74, 6) is 0. The third kappa shape index (κ3) is 2.11.